The van der Waals surface area contributed by atoms with Crippen LogP contribution in [0.2, 0.25) is 0 Å². The number of aromatic nitrogens is 1. The minimum Gasteiger partial charge on any atom is -0.491 e. The number of nitrogens with zero attached hydrogens (tertiary/aromatic N) is 2. The number of amides is 2. The molecule has 38 heavy (non-hydrogen) atoms. The lowest BCUT2D eigenvalue weighted by Gasteiger charge is -2.46. The number of hydrogen-bond acceptors (Lipinski definition) is 5. The molecule has 6 rings (SSSR count). The minimum absolute atomic E-state index is 0.0159. The van der Waals surface area contributed by atoms with Crippen LogP contribution in [0, 0.1) is 29.4 Å². The van der Waals surface area contributed by atoms with E-state index in [0.717, 1.165) is 13.3 Å². The van der Waals surface area contributed by atoms with Crippen LogP contribution in [-0.2, 0) is 11.3 Å². The molecule has 2 aliphatic heterocycles. The number of alkyl halides is 3. The summed E-state index contributed by atoms with van der Waals surface area (Å²) in [7, 11) is 1.11. The van der Waals surface area contributed by atoms with Crippen LogP contribution in [-0.4, -0.2) is 52.9 Å². The Labute approximate surface area is 212 Å². The van der Waals surface area contributed by atoms with E-state index in [4.69, 9.17) is 9.47 Å². The van der Waals surface area contributed by atoms with Crippen molar-refractivity contribution >= 4 is 11.8 Å². The maximum atomic E-state index is 14.2. The molecule has 1 saturated heterocycles. The second-order valence-corrected chi connectivity index (χ2v) is 10.2. The third kappa shape index (κ3) is 3.54. The molecule has 2 saturated carbocycles. The van der Waals surface area contributed by atoms with Gasteiger partial charge in [-0.05, 0) is 30.2 Å². The predicted octanol–water partition coefficient (Wildman–Crippen LogP) is 3.00. The van der Waals surface area contributed by atoms with E-state index < -0.39 is 64.2 Å². The van der Waals surface area contributed by atoms with Crippen molar-refractivity contribution in [1.82, 2.24) is 14.8 Å². The van der Waals surface area contributed by atoms with Gasteiger partial charge >= 0.3 is 6.18 Å². The smallest absolute Gasteiger partial charge is 0.412 e. The fourth-order valence-corrected chi connectivity index (χ4v) is 6.54. The van der Waals surface area contributed by atoms with Gasteiger partial charge in [0.25, 0.3) is 11.8 Å². The average Bonchev–Trinajstić information content (AvgIpc) is 3.41. The molecule has 4 aliphatic rings. The van der Waals surface area contributed by atoms with Crippen molar-refractivity contribution in [2.24, 2.45) is 17.8 Å². The highest BCUT2D eigenvalue weighted by molar-refractivity contribution is 5.99. The summed E-state index contributed by atoms with van der Waals surface area (Å²) in [5, 5.41) is 1.64. The Kier molecular flexibility index (Phi) is 5.40. The quantitative estimate of drug-likeness (QED) is 0.604. The molecule has 202 valence electrons. The van der Waals surface area contributed by atoms with Gasteiger partial charge in [0.15, 0.2) is 23.7 Å². The Bertz CT molecular complexity index is 1430. The molecule has 1 aromatic heterocycles. The average molecular weight is 539 g/mol. The summed E-state index contributed by atoms with van der Waals surface area (Å²) in [4.78, 5) is 41.3. The zero-order valence-electron chi connectivity index (χ0n) is 20.1. The van der Waals surface area contributed by atoms with Gasteiger partial charge in [0.1, 0.15) is 17.2 Å². The summed E-state index contributed by atoms with van der Waals surface area (Å²) < 4.78 is 81.5. The molecule has 8 nitrogen and oxygen atoms in total. The van der Waals surface area contributed by atoms with Gasteiger partial charge in [0, 0.05) is 23.9 Å². The zero-order chi connectivity index (χ0) is 27.3. The van der Waals surface area contributed by atoms with Crippen LogP contribution in [0.5, 0.6) is 5.75 Å². The number of methoxy groups -OCH3 is 1. The van der Waals surface area contributed by atoms with Gasteiger partial charge in [-0.3, -0.25) is 14.4 Å². The fraction of sp³-hybridized carbons (Fsp3) is 0.480. The van der Waals surface area contributed by atoms with Crippen molar-refractivity contribution in [2.45, 2.75) is 50.5 Å². The number of carbonyl (C=O) groups excluding carboxylic acids is 2. The maximum absolute atomic E-state index is 14.2. The standard InChI is InChI=1S/C25H22F5N3O5/c1-9-17-14-6-15(18(9)17)38-16-8-32-7-12(20(34)21(37-2)19(32)24(36)33(14)16)23(35)31-22(25(28,29)30)11-4-3-10(26)5-13(11)27/h3-5,7,9,14-18,22H,6,8H2,1-2H3,(H,31,35)/t9-,14?,15?,16+,17-,18+,22+/m1/s1. The highest BCUT2D eigenvalue weighted by Gasteiger charge is 2.67. The van der Waals surface area contributed by atoms with Crippen LogP contribution in [0.25, 0.3) is 0 Å². The molecule has 2 unspecified atom stereocenters. The Morgan fingerprint density at radius 3 is 2.61 bits per heavy atom. The van der Waals surface area contributed by atoms with E-state index in [1.54, 1.807) is 10.2 Å². The van der Waals surface area contributed by atoms with Crippen molar-refractivity contribution < 1.29 is 41.0 Å². The third-order valence-electron chi connectivity index (χ3n) is 8.22. The lowest BCUT2D eigenvalue weighted by molar-refractivity contribution is -0.155. The van der Waals surface area contributed by atoms with E-state index in [9.17, 15) is 36.3 Å². The number of ether oxygens (including phenoxy) is 2. The second-order valence-electron chi connectivity index (χ2n) is 10.2. The van der Waals surface area contributed by atoms with Gasteiger partial charge in [-0.1, -0.05) is 13.0 Å². The summed E-state index contributed by atoms with van der Waals surface area (Å²) in [6.07, 6.45) is -4.18. The molecular formula is C25H22F5N3O5. The number of fused-ring (bicyclic) bond motifs is 8. The van der Waals surface area contributed by atoms with Crippen LogP contribution in [0.15, 0.2) is 29.2 Å². The molecule has 3 fully saturated rings. The van der Waals surface area contributed by atoms with Gasteiger partial charge in [-0.2, -0.15) is 13.2 Å². The third-order valence-corrected chi connectivity index (χ3v) is 8.22. The number of hydrogen-bond donors (Lipinski definition) is 1. The molecule has 0 radical (unpaired) electrons. The minimum atomic E-state index is -5.17. The van der Waals surface area contributed by atoms with Crippen LogP contribution >= 0.6 is 0 Å². The SMILES string of the molecule is COc1c2n(cc(C(=O)N[C@@H](c3ccc(F)cc3F)C(F)(F)F)c1=O)C[C@@H]1OC3CC([C@H]4[C@@H](C)[C@@H]34)N1C2=O. The highest BCUT2D eigenvalue weighted by Crippen LogP contribution is 2.62. The molecule has 3 heterocycles. The van der Waals surface area contributed by atoms with E-state index in [2.05, 4.69) is 6.92 Å². The van der Waals surface area contributed by atoms with Gasteiger partial charge in [-0.25, -0.2) is 8.78 Å². The first-order chi connectivity index (χ1) is 17.9. The lowest BCUT2D eigenvalue weighted by atomic mass is 10.00. The first kappa shape index (κ1) is 24.8. The number of benzene rings is 1. The summed E-state index contributed by atoms with van der Waals surface area (Å²) >= 11 is 0. The molecule has 0 spiro atoms. The topological polar surface area (TPSA) is 89.9 Å². The highest BCUT2D eigenvalue weighted by atomic mass is 19.4. The van der Waals surface area contributed by atoms with Crippen LogP contribution in [0.4, 0.5) is 22.0 Å². The van der Waals surface area contributed by atoms with Crippen molar-refractivity contribution in [1.29, 1.82) is 0 Å². The van der Waals surface area contributed by atoms with Crippen LogP contribution < -0.4 is 15.5 Å². The second kappa shape index (κ2) is 8.26. The molecular weight excluding hydrogens is 517 g/mol. The number of halogens is 5. The number of nitrogens with one attached hydrogen (secondary N) is 1. The van der Waals surface area contributed by atoms with E-state index in [1.165, 1.54) is 4.57 Å². The van der Waals surface area contributed by atoms with Gasteiger partial charge < -0.3 is 24.3 Å². The Balaban J connectivity index is 1.36. The number of carbonyl (C=O) groups is 2. The lowest BCUT2D eigenvalue weighted by Crippen LogP contribution is -2.59. The van der Waals surface area contributed by atoms with Gasteiger partial charge in [0.05, 0.1) is 19.8 Å². The normalized spacial score (nSPS) is 29.8. The molecule has 2 amide bonds. The predicted molar refractivity (Wildman–Crippen MR) is 119 cm³/mol. The monoisotopic (exact) mass is 539 g/mol. The van der Waals surface area contributed by atoms with Crippen molar-refractivity contribution in [3.63, 3.8) is 0 Å². The number of rotatable bonds is 4. The molecule has 13 heteroatoms. The summed E-state index contributed by atoms with van der Waals surface area (Å²) in [6.45, 7) is 2.14. The first-order valence-corrected chi connectivity index (χ1v) is 12.0. The zero-order valence-corrected chi connectivity index (χ0v) is 20.1. The van der Waals surface area contributed by atoms with E-state index >= 15 is 0 Å². The van der Waals surface area contributed by atoms with E-state index in [0.29, 0.717) is 36.3 Å². The molecule has 2 aliphatic carbocycles. The number of pyridine rings is 1. The summed E-state index contributed by atoms with van der Waals surface area (Å²) in [6, 6.07) is -1.47. The molecule has 7 atom stereocenters. The molecule has 2 aromatic rings. The van der Waals surface area contributed by atoms with Crippen LogP contribution in [0.1, 0.15) is 45.8 Å². The Morgan fingerprint density at radius 2 is 1.95 bits per heavy atom. The van der Waals surface area contributed by atoms with Gasteiger partial charge in [0.2, 0.25) is 5.43 Å². The van der Waals surface area contributed by atoms with Crippen molar-refractivity contribution in [2.75, 3.05) is 7.11 Å². The molecule has 1 aromatic carbocycles. The largest absolute Gasteiger partial charge is 0.491 e. The van der Waals surface area contributed by atoms with Crippen LogP contribution in [0.3, 0.4) is 0 Å². The summed E-state index contributed by atoms with van der Waals surface area (Å²) in [5.74, 6) is -4.04. The Hall–Kier alpha value is -3.48. The molecule has 1 N–H and O–H groups in total. The van der Waals surface area contributed by atoms with E-state index in [1.807, 2.05) is 0 Å². The Morgan fingerprint density at radius 1 is 1.21 bits per heavy atom. The van der Waals surface area contributed by atoms with E-state index in [-0.39, 0.29) is 30.5 Å². The maximum Gasteiger partial charge on any atom is 0.412 e. The summed E-state index contributed by atoms with van der Waals surface area (Å²) in [5.41, 5.74) is -2.98. The van der Waals surface area contributed by atoms with Crippen molar-refractivity contribution in [3.05, 3.63) is 63.1 Å². The molecule has 2 bridgehead atoms. The van der Waals surface area contributed by atoms with Gasteiger partial charge in [-0.15, -0.1) is 0 Å². The van der Waals surface area contributed by atoms with Crippen molar-refractivity contribution in [3.8, 4) is 5.75 Å². The first-order valence-electron chi connectivity index (χ1n) is 12.0. The fourth-order valence-electron chi connectivity index (χ4n) is 6.54.